The molecular weight excluding hydrogens is 329 g/mol. The molecule has 6 heteroatoms. The summed E-state index contributed by atoms with van der Waals surface area (Å²) in [4.78, 5) is 0. The Hall–Kier alpha value is -0.610. The van der Waals surface area contributed by atoms with Gasteiger partial charge in [0.1, 0.15) is 0 Å². The van der Waals surface area contributed by atoms with Crippen LogP contribution in [0.15, 0.2) is 29.0 Å². The first-order valence-electron chi connectivity index (χ1n) is 8.26. The van der Waals surface area contributed by atoms with Crippen molar-refractivity contribution in [3.8, 4) is 0 Å². The Balaban J connectivity index is 2.49. The van der Waals surface area contributed by atoms with Crippen LogP contribution < -0.4 is 0 Å². The van der Waals surface area contributed by atoms with E-state index >= 15 is 0 Å². The van der Waals surface area contributed by atoms with Crippen LogP contribution in [0.4, 0.5) is 0 Å². The molecule has 0 spiro atoms. The van der Waals surface area contributed by atoms with Crippen molar-refractivity contribution in [3.05, 3.63) is 35.4 Å². The van der Waals surface area contributed by atoms with Gasteiger partial charge in [0.05, 0.1) is 18.8 Å². The molecule has 0 unspecified atom stereocenters. The summed E-state index contributed by atoms with van der Waals surface area (Å²) in [6, 6.07) is 8.59. The van der Waals surface area contributed by atoms with Gasteiger partial charge in [0.15, 0.2) is 0 Å². The fourth-order valence-corrected chi connectivity index (χ4v) is 4.06. The number of thioether (sulfide) groups is 1. The van der Waals surface area contributed by atoms with Gasteiger partial charge in [-0.3, -0.25) is 9.05 Å². The predicted octanol–water partition coefficient (Wildman–Crippen LogP) is 5.86. The Labute approximate surface area is 144 Å². The molecule has 4 nitrogen and oxygen atoms in total. The van der Waals surface area contributed by atoms with Gasteiger partial charge < -0.3 is 0 Å². The van der Waals surface area contributed by atoms with E-state index in [1.54, 1.807) is 5.55 Å². The Kier molecular flexibility index (Phi) is 10.5. The fourth-order valence-electron chi connectivity index (χ4n) is 1.83. The molecule has 1 rings (SSSR count). The summed E-state index contributed by atoms with van der Waals surface area (Å²) in [5, 5.41) is 0. The van der Waals surface area contributed by atoms with Gasteiger partial charge in [-0.1, -0.05) is 51.5 Å². The topological polar surface area (TPSA) is 47.9 Å². The average molecular weight is 357 g/mol. The quantitative estimate of drug-likeness (QED) is 0.267. The average Bonchev–Trinajstić information content (AvgIpc) is 2.57. The molecule has 0 bridgehead atoms. The molecule has 0 saturated heterocycles. The van der Waals surface area contributed by atoms with Crippen molar-refractivity contribution in [2.24, 2.45) is 4.76 Å². The first-order chi connectivity index (χ1) is 11.1. The first-order valence-corrected chi connectivity index (χ1v) is 10.8. The number of rotatable bonds is 12. The molecule has 0 heterocycles. The molecule has 0 amide bonds. The standard InChI is InChI=1S/C17H28NO3PS/c1-4-7-16-8-10-17(11-9-16)14-23-15-18-22(19,20-12-5-2)21-13-6-3/h8-11,15H,4-7,12-14H2,1-3H3/b18-15+. The smallest absolute Gasteiger partial charge is 0.291 e. The lowest BCUT2D eigenvalue weighted by Crippen LogP contribution is -1.96. The summed E-state index contributed by atoms with van der Waals surface area (Å²) in [5.41, 5.74) is 4.17. The number of benzene rings is 1. The highest BCUT2D eigenvalue weighted by Gasteiger charge is 2.22. The molecule has 0 saturated carbocycles. The van der Waals surface area contributed by atoms with Crippen LogP contribution in [0, 0.1) is 0 Å². The summed E-state index contributed by atoms with van der Waals surface area (Å²) < 4.78 is 27.0. The van der Waals surface area contributed by atoms with Crippen molar-refractivity contribution in [3.63, 3.8) is 0 Å². The maximum absolute atomic E-state index is 12.4. The maximum atomic E-state index is 12.4. The highest BCUT2D eigenvalue weighted by Crippen LogP contribution is 2.50. The van der Waals surface area contributed by atoms with Gasteiger partial charge >= 0.3 is 7.75 Å². The summed E-state index contributed by atoms with van der Waals surface area (Å²) in [6.07, 6.45) is 3.84. The van der Waals surface area contributed by atoms with Gasteiger partial charge in [0, 0.05) is 5.75 Å². The Morgan fingerprint density at radius 1 is 1.00 bits per heavy atom. The maximum Gasteiger partial charge on any atom is 0.454 e. The van der Waals surface area contributed by atoms with Gasteiger partial charge in [-0.15, -0.1) is 11.8 Å². The highest BCUT2D eigenvalue weighted by atomic mass is 32.2. The zero-order valence-electron chi connectivity index (χ0n) is 14.4. The third kappa shape index (κ3) is 8.71. The van der Waals surface area contributed by atoms with E-state index < -0.39 is 7.75 Å². The molecule has 1 aromatic rings. The van der Waals surface area contributed by atoms with Crippen LogP contribution in [0.2, 0.25) is 0 Å². The fraction of sp³-hybridized carbons (Fsp3) is 0.588. The Morgan fingerprint density at radius 3 is 2.09 bits per heavy atom. The molecule has 0 N–H and O–H groups in total. The number of hydrogen-bond donors (Lipinski definition) is 0. The van der Waals surface area contributed by atoms with Crippen molar-refractivity contribution in [1.29, 1.82) is 0 Å². The second kappa shape index (κ2) is 11.9. The summed E-state index contributed by atoms with van der Waals surface area (Å²) in [5.74, 6) is 0.789. The van der Waals surface area contributed by atoms with E-state index in [0.717, 1.165) is 31.4 Å². The second-order valence-electron chi connectivity index (χ2n) is 5.23. The normalized spacial score (nSPS) is 12.1. The van der Waals surface area contributed by atoms with Gasteiger partial charge in [-0.2, -0.15) is 4.76 Å². The third-order valence-corrected chi connectivity index (χ3v) is 5.32. The van der Waals surface area contributed by atoms with Crippen molar-refractivity contribution < 1.29 is 13.6 Å². The minimum absolute atomic E-state index is 0.391. The second-order valence-corrected chi connectivity index (χ2v) is 7.75. The summed E-state index contributed by atoms with van der Waals surface area (Å²) in [6.45, 7) is 6.89. The number of hydrogen-bond acceptors (Lipinski definition) is 4. The van der Waals surface area contributed by atoms with E-state index in [1.165, 1.54) is 22.9 Å². The highest BCUT2D eigenvalue weighted by molar-refractivity contribution is 8.11. The van der Waals surface area contributed by atoms with Crippen LogP contribution in [-0.4, -0.2) is 18.8 Å². The molecule has 0 aliphatic rings. The molecule has 1 aromatic carbocycles. The molecule has 0 radical (unpaired) electrons. The van der Waals surface area contributed by atoms with Crippen LogP contribution in [-0.2, 0) is 25.8 Å². The third-order valence-electron chi connectivity index (χ3n) is 2.99. The van der Waals surface area contributed by atoms with Crippen LogP contribution in [0.5, 0.6) is 0 Å². The molecule has 0 aliphatic heterocycles. The molecule has 23 heavy (non-hydrogen) atoms. The lowest BCUT2D eigenvalue weighted by molar-refractivity contribution is 0.205. The predicted molar refractivity (Wildman–Crippen MR) is 100 cm³/mol. The Bertz CT molecular complexity index is 493. The van der Waals surface area contributed by atoms with Crippen molar-refractivity contribution in [2.45, 2.75) is 52.2 Å². The van der Waals surface area contributed by atoms with Crippen LogP contribution >= 0.6 is 19.5 Å². The van der Waals surface area contributed by atoms with E-state index in [2.05, 4.69) is 36.0 Å². The van der Waals surface area contributed by atoms with Gasteiger partial charge in [-0.25, -0.2) is 4.57 Å². The molecule has 0 aliphatic carbocycles. The lowest BCUT2D eigenvalue weighted by Gasteiger charge is -2.12. The molecule has 0 fully saturated rings. The zero-order chi connectivity index (χ0) is 17.0. The minimum atomic E-state index is -3.34. The molecule has 0 atom stereocenters. The first kappa shape index (κ1) is 20.4. The number of aryl methyl sites for hydroxylation is 1. The lowest BCUT2D eigenvalue weighted by atomic mass is 10.1. The van der Waals surface area contributed by atoms with Crippen molar-refractivity contribution >= 4 is 25.1 Å². The van der Waals surface area contributed by atoms with Crippen LogP contribution in [0.25, 0.3) is 0 Å². The van der Waals surface area contributed by atoms with Crippen molar-refractivity contribution in [1.82, 2.24) is 0 Å². The van der Waals surface area contributed by atoms with Crippen molar-refractivity contribution in [2.75, 3.05) is 13.2 Å². The van der Waals surface area contributed by atoms with E-state index in [4.69, 9.17) is 9.05 Å². The largest absolute Gasteiger partial charge is 0.454 e. The molecule has 0 aromatic heterocycles. The van der Waals surface area contributed by atoms with E-state index in [-0.39, 0.29) is 0 Å². The van der Waals surface area contributed by atoms with Gasteiger partial charge in [0.2, 0.25) is 0 Å². The van der Waals surface area contributed by atoms with E-state index in [9.17, 15) is 4.57 Å². The monoisotopic (exact) mass is 357 g/mol. The summed E-state index contributed by atoms with van der Waals surface area (Å²) >= 11 is 1.50. The molecule has 130 valence electrons. The van der Waals surface area contributed by atoms with Crippen LogP contribution in [0.1, 0.15) is 51.2 Å². The van der Waals surface area contributed by atoms with E-state index in [1.807, 2.05) is 13.8 Å². The minimum Gasteiger partial charge on any atom is -0.291 e. The van der Waals surface area contributed by atoms with Gasteiger partial charge in [-0.05, 0) is 30.4 Å². The SMILES string of the molecule is CCCOP(=O)(/N=C/SCc1ccc(CCC)cc1)OCCC. The molecular formula is C17H28NO3PS. The zero-order valence-corrected chi connectivity index (χ0v) is 16.1. The Morgan fingerprint density at radius 2 is 1.57 bits per heavy atom. The number of nitrogens with zero attached hydrogens (tertiary/aromatic N) is 1. The van der Waals surface area contributed by atoms with E-state index in [0.29, 0.717) is 13.2 Å². The van der Waals surface area contributed by atoms with Gasteiger partial charge in [0.25, 0.3) is 0 Å². The van der Waals surface area contributed by atoms with Crippen LogP contribution in [0.3, 0.4) is 0 Å². The summed E-state index contributed by atoms with van der Waals surface area (Å²) in [7, 11) is -3.34.